The van der Waals surface area contributed by atoms with Crippen LogP contribution in [0.5, 0.6) is 5.75 Å². The molecule has 0 saturated carbocycles. The Hall–Kier alpha value is -1.76. The van der Waals surface area contributed by atoms with Crippen molar-refractivity contribution in [1.82, 2.24) is 0 Å². The third kappa shape index (κ3) is 1.94. The summed E-state index contributed by atoms with van der Waals surface area (Å²) >= 11 is 0. The predicted octanol–water partition coefficient (Wildman–Crippen LogP) is 4.44. The fourth-order valence-electron chi connectivity index (χ4n) is 3.00. The first-order valence-electron chi connectivity index (χ1n) is 6.88. The summed E-state index contributed by atoms with van der Waals surface area (Å²) < 4.78 is 5.99. The Morgan fingerprint density at radius 1 is 0.947 bits per heavy atom. The minimum atomic E-state index is 0.384. The Labute approximate surface area is 115 Å². The van der Waals surface area contributed by atoms with Gasteiger partial charge in [-0.3, -0.25) is 0 Å². The summed E-state index contributed by atoms with van der Waals surface area (Å²) in [7, 11) is 0. The summed E-state index contributed by atoms with van der Waals surface area (Å²) in [5, 5.41) is 0. The fourth-order valence-corrected chi connectivity index (χ4v) is 3.00. The van der Waals surface area contributed by atoms with E-state index in [-0.39, 0.29) is 0 Å². The molecular weight excluding hydrogens is 232 g/mol. The van der Waals surface area contributed by atoms with E-state index in [0.29, 0.717) is 5.92 Å². The molecule has 0 amide bonds. The lowest BCUT2D eigenvalue weighted by Crippen LogP contribution is -2.03. The molecule has 0 bridgehead atoms. The molecule has 0 radical (unpaired) electrons. The third-order valence-corrected chi connectivity index (χ3v) is 4.26. The highest BCUT2D eigenvalue weighted by Crippen LogP contribution is 2.43. The molecule has 0 spiro atoms. The van der Waals surface area contributed by atoms with Crippen molar-refractivity contribution in [2.45, 2.75) is 33.6 Å². The zero-order chi connectivity index (χ0) is 13.6. The van der Waals surface area contributed by atoms with Gasteiger partial charge in [0, 0.05) is 11.5 Å². The van der Waals surface area contributed by atoms with Crippen LogP contribution >= 0.6 is 0 Å². The summed E-state index contributed by atoms with van der Waals surface area (Å²) in [4.78, 5) is 0. The van der Waals surface area contributed by atoms with E-state index >= 15 is 0 Å². The maximum absolute atomic E-state index is 5.99. The molecule has 0 aromatic heterocycles. The van der Waals surface area contributed by atoms with E-state index in [2.05, 4.69) is 58.0 Å². The van der Waals surface area contributed by atoms with Gasteiger partial charge in [-0.15, -0.1) is 0 Å². The van der Waals surface area contributed by atoms with Gasteiger partial charge in [0.2, 0.25) is 0 Å². The Kier molecular flexibility index (Phi) is 2.85. The number of fused-ring (bicyclic) bond motifs is 1. The molecule has 2 aromatic carbocycles. The first-order valence-corrected chi connectivity index (χ1v) is 6.88. The van der Waals surface area contributed by atoms with Gasteiger partial charge in [0.05, 0.1) is 6.61 Å². The molecule has 0 saturated heterocycles. The van der Waals surface area contributed by atoms with Crippen molar-refractivity contribution < 1.29 is 4.74 Å². The molecular formula is C18H20O. The molecule has 1 heteroatoms. The highest BCUT2D eigenvalue weighted by molar-refractivity contribution is 5.56. The predicted molar refractivity (Wildman–Crippen MR) is 79.2 cm³/mol. The largest absolute Gasteiger partial charge is 0.492 e. The van der Waals surface area contributed by atoms with Gasteiger partial charge in [-0.2, -0.15) is 0 Å². The first kappa shape index (κ1) is 12.3. The smallest absolute Gasteiger partial charge is 0.126 e. The standard InChI is InChI=1S/C18H20O/c1-11-5-7-15(8-6-11)16-10-19-18-14(4)12(2)9-13(3)17(16)18/h5-9,16H,10H2,1-4H3/t16-/m1/s1. The van der Waals surface area contributed by atoms with E-state index in [1.165, 1.54) is 33.4 Å². The molecule has 1 nitrogen and oxygen atoms in total. The van der Waals surface area contributed by atoms with E-state index in [1.807, 2.05) is 0 Å². The van der Waals surface area contributed by atoms with Gasteiger partial charge in [0.15, 0.2) is 0 Å². The van der Waals surface area contributed by atoms with Crippen molar-refractivity contribution in [3.63, 3.8) is 0 Å². The molecule has 3 rings (SSSR count). The van der Waals surface area contributed by atoms with Gasteiger partial charge < -0.3 is 4.74 Å². The van der Waals surface area contributed by atoms with Gasteiger partial charge in [-0.05, 0) is 49.9 Å². The van der Waals surface area contributed by atoms with Crippen molar-refractivity contribution in [3.05, 3.63) is 63.7 Å². The Balaban J connectivity index is 2.12. The second-order valence-electron chi connectivity index (χ2n) is 5.65. The lowest BCUT2D eigenvalue weighted by Gasteiger charge is -2.14. The molecule has 0 aliphatic carbocycles. The molecule has 1 aliphatic heterocycles. The number of hydrogen-bond acceptors (Lipinski definition) is 1. The lowest BCUT2D eigenvalue weighted by atomic mass is 9.87. The Bertz CT molecular complexity index is 623. The van der Waals surface area contributed by atoms with Gasteiger partial charge in [-0.1, -0.05) is 35.9 Å². The molecule has 1 heterocycles. The number of hydrogen-bond donors (Lipinski definition) is 0. The van der Waals surface area contributed by atoms with Gasteiger partial charge in [0.1, 0.15) is 5.75 Å². The average Bonchev–Trinajstić information content (AvgIpc) is 2.82. The first-order chi connectivity index (χ1) is 9.08. The van der Waals surface area contributed by atoms with Crippen LogP contribution in [-0.4, -0.2) is 6.61 Å². The van der Waals surface area contributed by atoms with Crippen LogP contribution in [0.3, 0.4) is 0 Å². The average molecular weight is 252 g/mol. The van der Waals surface area contributed by atoms with Gasteiger partial charge in [-0.25, -0.2) is 0 Å². The van der Waals surface area contributed by atoms with Crippen LogP contribution in [0.2, 0.25) is 0 Å². The highest BCUT2D eigenvalue weighted by atomic mass is 16.5. The van der Waals surface area contributed by atoms with E-state index < -0.39 is 0 Å². The van der Waals surface area contributed by atoms with Crippen LogP contribution in [0.15, 0.2) is 30.3 Å². The number of aryl methyl sites for hydroxylation is 3. The normalized spacial score (nSPS) is 17.2. The third-order valence-electron chi connectivity index (χ3n) is 4.26. The van der Waals surface area contributed by atoms with E-state index in [4.69, 9.17) is 4.74 Å². The number of benzene rings is 2. The summed E-state index contributed by atoms with van der Waals surface area (Å²) in [6.45, 7) is 9.41. The molecule has 0 N–H and O–H groups in total. The summed E-state index contributed by atoms with van der Waals surface area (Å²) in [5.74, 6) is 1.50. The summed E-state index contributed by atoms with van der Waals surface area (Å²) in [6, 6.07) is 11.1. The molecule has 0 unspecified atom stereocenters. The molecule has 98 valence electrons. The van der Waals surface area contributed by atoms with Crippen LogP contribution in [0.4, 0.5) is 0 Å². The quantitative estimate of drug-likeness (QED) is 0.729. The minimum absolute atomic E-state index is 0.384. The monoisotopic (exact) mass is 252 g/mol. The van der Waals surface area contributed by atoms with Crippen molar-refractivity contribution in [1.29, 1.82) is 0 Å². The summed E-state index contributed by atoms with van der Waals surface area (Å²) in [5.41, 5.74) is 8.00. The Morgan fingerprint density at radius 3 is 2.32 bits per heavy atom. The maximum atomic E-state index is 5.99. The number of ether oxygens (including phenoxy) is 1. The van der Waals surface area contributed by atoms with Crippen molar-refractivity contribution in [2.75, 3.05) is 6.61 Å². The number of rotatable bonds is 1. The molecule has 19 heavy (non-hydrogen) atoms. The Morgan fingerprint density at radius 2 is 1.63 bits per heavy atom. The summed E-state index contributed by atoms with van der Waals surface area (Å²) in [6.07, 6.45) is 0. The topological polar surface area (TPSA) is 9.23 Å². The molecule has 1 atom stereocenters. The minimum Gasteiger partial charge on any atom is -0.492 e. The van der Waals surface area contributed by atoms with Crippen molar-refractivity contribution >= 4 is 0 Å². The van der Waals surface area contributed by atoms with Crippen LogP contribution < -0.4 is 4.74 Å². The van der Waals surface area contributed by atoms with Crippen LogP contribution in [0, 0.1) is 27.7 Å². The van der Waals surface area contributed by atoms with Crippen LogP contribution in [0.1, 0.15) is 39.3 Å². The van der Waals surface area contributed by atoms with E-state index in [1.54, 1.807) is 0 Å². The van der Waals surface area contributed by atoms with Crippen LogP contribution in [-0.2, 0) is 0 Å². The highest BCUT2D eigenvalue weighted by Gasteiger charge is 2.29. The van der Waals surface area contributed by atoms with Gasteiger partial charge in [0.25, 0.3) is 0 Å². The van der Waals surface area contributed by atoms with Crippen molar-refractivity contribution in [3.8, 4) is 5.75 Å². The molecule has 2 aromatic rings. The molecule has 1 aliphatic rings. The fraction of sp³-hybridized carbons (Fsp3) is 0.333. The van der Waals surface area contributed by atoms with E-state index in [0.717, 1.165) is 12.4 Å². The molecule has 0 fully saturated rings. The maximum Gasteiger partial charge on any atom is 0.126 e. The van der Waals surface area contributed by atoms with Crippen molar-refractivity contribution in [2.24, 2.45) is 0 Å². The van der Waals surface area contributed by atoms with Gasteiger partial charge >= 0.3 is 0 Å². The van der Waals surface area contributed by atoms with Crippen LogP contribution in [0.25, 0.3) is 0 Å². The lowest BCUT2D eigenvalue weighted by molar-refractivity contribution is 0.341. The zero-order valence-corrected chi connectivity index (χ0v) is 12.1. The SMILES string of the molecule is Cc1ccc([C@H]2COc3c(C)c(C)cc(C)c32)cc1. The van der Waals surface area contributed by atoms with E-state index in [9.17, 15) is 0 Å². The second kappa shape index (κ2) is 4.41. The second-order valence-corrected chi connectivity index (χ2v) is 5.65. The zero-order valence-electron chi connectivity index (χ0n) is 12.1.